The standard InChI is InChI=1S/C24H23F2N3O4S/c1-13(27-22(31)14-4-5-15-10-33-12-24(2,26)19(15)8-14)21(30)29-23-28-20(11-34-23)16-6-17(25)9-18(7-16)32-3/h4-9,11,13H,10,12H2,1-3H3,(H,27,31)(H,28,29,30)/t13-,24+/m0/s1. The molecule has 34 heavy (non-hydrogen) atoms. The molecule has 1 aromatic heterocycles. The topological polar surface area (TPSA) is 89.6 Å². The summed E-state index contributed by atoms with van der Waals surface area (Å²) < 4.78 is 38.9. The Morgan fingerprint density at radius 3 is 2.82 bits per heavy atom. The van der Waals surface area contributed by atoms with Crippen molar-refractivity contribution < 1.29 is 27.8 Å². The number of anilines is 1. The molecule has 0 fully saturated rings. The number of nitrogens with one attached hydrogen (secondary N) is 2. The quantitative estimate of drug-likeness (QED) is 0.537. The number of methoxy groups -OCH3 is 1. The minimum Gasteiger partial charge on any atom is -0.497 e. The second-order valence-corrected chi connectivity index (χ2v) is 9.02. The van der Waals surface area contributed by atoms with Crippen molar-refractivity contribution in [2.24, 2.45) is 0 Å². The van der Waals surface area contributed by atoms with Gasteiger partial charge in [-0.3, -0.25) is 9.59 Å². The molecule has 1 aliphatic rings. The van der Waals surface area contributed by atoms with E-state index >= 15 is 0 Å². The van der Waals surface area contributed by atoms with Gasteiger partial charge in [0.05, 0.1) is 26.0 Å². The summed E-state index contributed by atoms with van der Waals surface area (Å²) in [5.74, 6) is -1.09. The Hall–Kier alpha value is -3.37. The van der Waals surface area contributed by atoms with Gasteiger partial charge in [0.15, 0.2) is 10.8 Å². The fourth-order valence-electron chi connectivity index (χ4n) is 3.61. The number of halogens is 2. The Bertz CT molecular complexity index is 1240. The van der Waals surface area contributed by atoms with Gasteiger partial charge in [-0.05, 0) is 49.2 Å². The van der Waals surface area contributed by atoms with E-state index in [0.717, 1.165) is 0 Å². The molecule has 10 heteroatoms. The second kappa shape index (κ2) is 9.47. The fraction of sp³-hybridized carbons (Fsp3) is 0.292. The smallest absolute Gasteiger partial charge is 0.251 e. The predicted molar refractivity (Wildman–Crippen MR) is 124 cm³/mol. The summed E-state index contributed by atoms with van der Waals surface area (Å²) in [6.07, 6.45) is 0. The molecule has 2 atom stereocenters. The van der Waals surface area contributed by atoms with Crippen molar-refractivity contribution in [3.05, 3.63) is 64.3 Å². The SMILES string of the molecule is COc1cc(F)cc(-c2csc(NC(=O)[C@H](C)NC(=O)c3ccc4c(c3)[C@](C)(F)COC4)n2)c1. The average molecular weight is 488 g/mol. The zero-order valence-electron chi connectivity index (χ0n) is 18.8. The van der Waals surface area contributed by atoms with Crippen LogP contribution in [-0.2, 0) is 21.8 Å². The predicted octanol–water partition coefficient (Wildman–Crippen LogP) is 4.43. The first-order chi connectivity index (χ1) is 16.2. The van der Waals surface area contributed by atoms with Crippen LogP contribution in [0.5, 0.6) is 5.75 Å². The maximum atomic E-state index is 14.8. The molecule has 0 spiro atoms. The minimum atomic E-state index is -1.69. The maximum absolute atomic E-state index is 14.8. The minimum absolute atomic E-state index is 0.0813. The van der Waals surface area contributed by atoms with Gasteiger partial charge in [-0.25, -0.2) is 13.8 Å². The first-order valence-electron chi connectivity index (χ1n) is 10.5. The van der Waals surface area contributed by atoms with Crippen molar-refractivity contribution in [3.8, 4) is 17.0 Å². The molecular weight excluding hydrogens is 464 g/mol. The second-order valence-electron chi connectivity index (χ2n) is 8.16. The number of hydrogen-bond donors (Lipinski definition) is 2. The Morgan fingerprint density at radius 2 is 2.06 bits per heavy atom. The van der Waals surface area contributed by atoms with Crippen molar-refractivity contribution in [1.29, 1.82) is 0 Å². The van der Waals surface area contributed by atoms with Crippen molar-refractivity contribution in [1.82, 2.24) is 10.3 Å². The van der Waals surface area contributed by atoms with Crippen LogP contribution >= 0.6 is 11.3 Å². The van der Waals surface area contributed by atoms with Gasteiger partial charge in [0.1, 0.15) is 17.6 Å². The van der Waals surface area contributed by atoms with E-state index in [9.17, 15) is 18.4 Å². The van der Waals surface area contributed by atoms with E-state index in [1.165, 1.54) is 50.5 Å². The van der Waals surface area contributed by atoms with Gasteiger partial charge in [0, 0.05) is 22.6 Å². The molecule has 0 radical (unpaired) electrons. The molecule has 0 bridgehead atoms. The van der Waals surface area contributed by atoms with Crippen LogP contribution < -0.4 is 15.4 Å². The van der Waals surface area contributed by atoms with Gasteiger partial charge in [0.2, 0.25) is 5.91 Å². The molecule has 0 saturated carbocycles. The van der Waals surface area contributed by atoms with Gasteiger partial charge in [-0.2, -0.15) is 0 Å². The summed E-state index contributed by atoms with van der Waals surface area (Å²) in [4.78, 5) is 29.6. The van der Waals surface area contributed by atoms with Gasteiger partial charge in [-0.1, -0.05) is 6.07 Å². The van der Waals surface area contributed by atoms with E-state index in [2.05, 4.69) is 15.6 Å². The third-order valence-electron chi connectivity index (χ3n) is 5.44. The molecule has 4 rings (SSSR count). The lowest BCUT2D eigenvalue weighted by atomic mass is 9.90. The molecule has 1 aliphatic heterocycles. The molecule has 0 saturated heterocycles. The Balaban J connectivity index is 1.41. The number of rotatable bonds is 6. The third kappa shape index (κ3) is 5.07. The zero-order valence-corrected chi connectivity index (χ0v) is 19.6. The van der Waals surface area contributed by atoms with Crippen LogP contribution in [0.3, 0.4) is 0 Å². The highest BCUT2D eigenvalue weighted by Crippen LogP contribution is 2.34. The molecule has 178 valence electrons. The molecule has 2 aromatic carbocycles. The van der Waals surface area contributed by atoms with E-state index in [1.54, 1.807) is 23.6 Å². The monoisotopic (exact) mass is 487 g/mol. The highest BCUT2D eigenvalue weighted by molar-refractivity contribution is 7.14. The molecule has 0 aliphatic carbocycles. The number of ether oxygens (including phenoxy) is 2. The maximum Gasteiger partial charge on any atom is 0.251 e. The highest BCUT2D eigenvalue weighted by atomic mass is 32.1. The number of aromatic nitrogens is 1. The number of benzene rings is 2. The van der Waals surface area contributed by atoms with Crippen molar-refractivity contribution in [3.63, 3.8) is 0 Å². The number of hydrogen-bond acceptors (Lipinski definition) is 6. The molecular formula is C24H23F2N3O4S. The molecule has 3 aromatic rings. The van der Waals surface area contributed by atoms with Crippen LogP contribution in [0.1, 0.15) is 35.3 Å². The van der Waals surface area contributed by atoms with E-state index in [4.69, 9.17) is 9.47 Å². The first kappa shape index (κ1) is 23.8. The van der Waals surface area contributed by atoms with Gasteiger partial charge in [0.25, 0.3) is 5.91 Å². The normalized spacial score (nSPS) is 18.0. The number of amides is 2. The number of carbonyl (C=O) groups is 2. The molecule has 2 N–H and O–H groups in total. The summed E-state index contributed by atoms with van der Waals surface area (Å²) in [5, 5.41) is 7.24. The van der Waals surface area contributed by atoms with Crippen LogP contribution in [0.2, 0.25) is 0 Å². The summed E-state index contributed by atoms with van der Waals surface area (Å²) in [6, 6.07) is 8.06. The molecule has 0 unspecified atom stereocenters. The largest absolute Gasteiger partial charge is 0.497 e. The lowest BCUT2D eigenvalue weighted by molar-refractivity contribution is -0.117. The lowest BCUT2D eigenvalue weighted by Gasteiger charge is -2.29. The van der Waals surface area contributed by atoms with Crippen molar-refractivity contribution in [2.45, 2.75) is 32.2 Å². The molecule has 2 heterocycles. The molecule has 7 nitrogen and oxygen atoms in total. The summed E-state index contributed by atoms with van der Waals surface area (Å²) in [7, 11) is 1.44. The lowest BCUT2D eigenvalue weighted by Crippen LogP contribution is -2.41. The van der Waals surface area contributed by atoms with Gasteiger partial charge in [-0.15, -0.1) is 11.3 Å². The van der Waals surface area contributed by atoms with Crippen LogP contribution in [0, 0.1) is 5.82 Å². The van der Waals surface area contributed by atoms with E-state index < -0.39 is 29.3 Å². The van der Waals surface area contributed by atoms with Crippen molar-refractivity contribution >= 4 is 28.3 Å². The molecule has 2 amide bonds. The zero-order chi connectivity index (χ0) is 24.5. The van der Waals surface area contributed by atoms with E-state index in [-0.39, 0.29) is 18.8 Å². The average Bonchev–Trinajstić information content (AvgIpc) is 3.26. The van der Waals surface area contributed by atoms with Crippen LogP contribution in [-0.4, -0.2) is 36.6 Å². The van der Waals surface area contributed by atoms with Gasteiger partial charge >= 0.3 is 0 Å². The van der Waals surface area contributed by atoms with Crippen LogP contribution in [0.15, 0.2) is 41.8 Å². The summed E-state index contributed by atoms with van der Waals surface area (Å²) in [6.45, 7) is 3.14. The Kier molecular flexibility index (Phi) is 6.63. The Morgan fingerprint density at radius 1 is 1.26 bits per heavy atom. The number of alkyl halides is 1. The summed E-state index contributed by atoms with van der Waals surface area (Å²) >= 11 is 1.17. The fourth-order valence-corrected chi connectivity index (χ4v) is 4.33. The Labute approximate surface area is 199 Å². The first-order valence-corrected chi connectivity index (χ1v) is 11.4. The number of carbonyl (C=O) groups excluding carboxylic acids is 2. The number of thiazole rings is 1. The van der Waals surface area contributed by atoms with Crippen LogP contribution in [0.4, 0.5) is 13.9 Å². The number of fused-ring (bicyclic) bond motifs is 1. The van der Waals surface area contributed by atoms with E-state index in [0.29, 0.717) is 33.3 Å². The van der Waals surface area contributed by atoms with Crippen molar-refractivity contribution in [2.75, 3.05) is 19.0 Å². The van der Waals surface area contributed by atoms with Crippen LogP contribution in [0.25, 0.3) is 11.3 Å². The number of nitrogens with zero attached hydrogens (tertiary/aromatic N) is 1. The summed E-state index contributed by atoms with van der Waals surface area (Å²) in [5.41, 5.74) is 0.638. The van der Waals surface area contributed by atoms with Gasteiger partial charge < -0.3 is 20.1 Å². The third-order valence-corrected chi connectivity index (χ3v) is 6.20. The van der Waals surface area contributed by atoms with E-state index in [1.807, 2.05) is 0 Å². The highest BCUT2D eigenvalue weighted by Gasteiger charge is 2.33.